The maximum absolute atomic E-state index is 12.9. The van der Waals surface area contributed by atoms with Crippen LogP contribution in [0.15, 0.2) is 36.7 Å². The van der Waals surface area contributed by atoms with Crippen LogP contribution in [0.2, 0.25) is 5.02 Å². The Morgan fingerprint density at radius 2 is 2.16 bits per heavy atom. The number of fused-ring (bicyclic) bond motifs is 1. The maximum Gasteiger partial charge on any atom is 0.407 e. The summed E-state index contributed by atoms with van der Waals surface area (Å²) in [4.78, 5) is 33.8. The molecule has 0 saturated carbocycles. The number of methoxy groups -OCH3 is 1. The minimum Gasteiger partial charge on any atom is -0.493 e. The molecule has 3 aromatic rings. The van der Waals surface area contributed by atoms with E-state index in [9.17, 15) is 14.7 Å². The van der Waals surface area contributed by atoms with Gasteiger partial charge in [-0.25, -0.2) is 4.79 Å². The lowest BCUT2D eigenvalue weighted by Crippen LogP contribution is -2.41. The van der Waals surface area contributed by atoms with Crippen LogP contribution in [0.5, 0.6) is 11.5 Å². The van der Waals surface area contributed by atoms with Gasteiger partial charge in [0.15, 0.2) is 5.75 Å². The molecule has 2 atom stereocenters. The minimum atomic E-state index is -0.949. The summed E-state index contributed by atoms with van der Waals surface area (Å²) in [6, 6.07) is 6.83. The number of H-pyrrole nitrogens is 1. The molecule has 37 heavy (non-hydrogen) atoms. The monoisotopic (exact) mass is 525 g/mol. The molecule has 1 saturated heterocycles. The summed E-state index contributed by atoms with van der Waals surface area (Å²) in [6.07, 6.45) is 4.44. The Kier molecular flexibility index (Phi) is 6.84. The van der Waals surface area contributed by atoms with Crippen molar-refractivity contribution in [1.29, 1.82) is 0 Å². The Morgan fingerprint density at radius 1 is 1.32 bits per heavy atom. The van der Waals surface area contributed by atoms with Gasteiger partial charge < -0.3 is 30.2 Å². The quantitative estimate of drug-likeness (QED) is 0.352. The number of benzene rings is 1. The lowest BCUT2D eigenvalue weighted by molar-refractivity contribution is 0.0946. The van der Waals surface area contributed by atoms with E-state index in [1.54, 1.807) is 30.6 Å². The van der Waals surface area contributed by atoms with Crippen molar-refractivity contribution in [2.45, 2.75) is 38.3 Å². The second kappa shape index (κ2) is 10.2. The maximum atomic E-state index is 12.9. The number of rotatable bonds is 7. The van der Waals surface area contributed by atoms with Crippen molar-refractivity contribution in [2.24, 2.45) is 0 Å². The molecule has 1 aromatic carbocycles. The molecule has 11 heteroatoms. The number of pyridine rings is 1. The molecule has 2 amide bonds. The number of para-hydroxylation sites is 1. The smallest absolute Gasteiger partial charge is 0.407 e. The van der Waals surface area contributed by atoms with Crippen LogP contribution in [0.25, 0.3) is 11.3 Å². The molecule has 2 aromatic heterocycles. The molecule has 4 heterocycles. The number of halogens is 1. The van der Waals surface area contributed by atoms with E-state index in [1.807, 2.05) is 13.0 Å². The van der Waals surface area contributed by atoms with E-state index < -0.39 is 6.09 Å². The zero-order valence-electron chi connectivity index (χ0n) is 20.5. The largest absolute Gasteiger partial charge is 0.493 e. The van der Waals surface area contributed by atoms with Gasteiger partial charge in [0.05, 0.1) is 47.0 Å². The highest BCUT2D eigenvalue weighted by Crippen LogP contribution is 2.43. The number of aromatic nitrogens is 2. The number of amides is 2. The predicted octanol–water partition coefficient (Wildman–Crippen LogP) is 4.68. The summed E-state index contributed by atoms with van der Waals surface area (Å²) in [7, 11) is 1.53. The van der Waals surface area contributed by atoms with E-state index in [0.29, 0.717) is 57.7 Å². The van der Waals surface area contributed by atoms with Gasteiger partial charge in [-0.15, -0.1) is 0 Å². The Bertz CT molecular complexity index is 1340. The average molecular weight is 526 g/mol. The van der Waals surface area contributed by atoms with Crippen LogP contribution < -0.4 is 20.1 Å². The van der Waals surface area contributed by atoms with E-state index in [2.05, 4.69) is 20.6 Å². The molecule has 0 radical (unpaired) electrons. The lowest BCUT2D eigenvalue weighted by atomic mass is 10.0. The molecule has 1 fully saturated rings. The first-order valence-electron chi connectivity index (χ1n) is 12.1. The van der Waals surface area contributed by atoms with E-state index >= 15 is 0 Å². The first-order valence-corrected chi connectivity index (χ1v) is 12.5. The third-order valence-electron chi connectivity index (χ3n) is 6.89. The zero-order valence-corrected chi connectivity index (χ0v) is 21.3. The van der Waals surface area contributed by atoms with Crippen LogP contribution in [0.3, 0.4) is 0 Å². The van der Waals surface area contributed by atoms with Crippen LogP contribution in [-0.2, 0) is 6.42 Å². The van der Waals surface area contributed by atoms with Crippen LogP contribution in [0.1, 0.15) is 35.8 Å². The van der Waals surface area contributed by atoms with Crippen molar-refractivity contribution in [1.82, 2.24) is 20.2 Å². The van der Waals surface area contributed by atoms with Gasteiger partial charge in [-0.2, -0.15) is 0 Å². The van der Waals surface area contributed by atoms with Crippen molar-refractivity contribution in [3.05, 3.63) is 52.9 Å². The first-order chi connectivity index (χ1) is 17.9. The van der Waals surface area contributed by atoms with E-state index in [4.69, 9.17) is 21.1 Å². The third-order valence-corrected chi connectivity index (χ3v) is 7.19. The number of carboxylic acid groups (broad SMARTS) is 1. The number of carbonyl (C=O) groups is 2. The number of aromatic amines is 1. The summed E-state index contributed by atoms with van der Waals surface area (Å²) >= 11 is 6.35. The first kappa shape index (κ1) is 24.8. The summed E-state index contributed by atoms with van der Waals surface area (Å²) < 4.78 is 11.7. The van der Waals surface area contributed by atoms with Gasteiger partial charge in [0.25, 0.3) is 5.91 Å². The molecular formula is C26H28ClN5O5. The number of ether oxygens (including phenoxy) is 2. The van der Waals surface area contributed by atoms with Crippen molar-refractivity contribution in [2.75, 3.05) is 25.6 Å². The summed E-state index contributed by atoms with van der Waals surface area (Å²) in [5.41, 5.74) is 3.81. The van der Waals surface area contributed by atoms with Crippen LogP contribution in [-0.4, -0.2) is 64.3 Å². The molecule has 194 valence electrons. The van der Waals surface area contributed by atoms with Gasteiger partial charge in [-0.05, 0) is 38.0 Å². The Balaban J connectivity index is 1.53. The zero-order chi connectivity index (χ0) is 26.1. The van der Waals surface area contributed by atoms with Gasteiger partial charge in [0.2, 0.25) is 0 Å². The summed E-state index contributed by atoms with van der Waals surface area (Å²) in [5.74, 6) is 0.741. The normalized spacial score (nSPS) is 18.8. The fourth-order valence-electron chi connectivity index (χ4n) is 5.12. The third kappa shape index (κ3) is 4.64. The highest BCUT2D eigenvalue weighted by Gasteiger charge is 2.35. The molecule has 0 bridgehead atoms. The van der Waals surface area contributed by atoms with Crippen LogP contribution in [0, 0.1) is 0 Å². The molecular weight excluding hydrogens is 498 g/mol. The standard InChI is InChI=1S/C26H28ClN5O5/c1-14-6-7-15(32(14)26(34)35)13-37-20-12-28-10-8-16(20)22-23(21-18(30-22)9-11-29-25(21)33)31-19-5-3-4-17(27)24(19)36-2/h3-5,8,10,12,14-15,30-31H,6-7,9,11,13H2,1-2H3,(H,29,33)(H,34,35)/t14-,15-/m1/s1. The lowest BCUT2D eigenvalue weighted by Gasteiger charge is -2.25. The van der Waals surface area contributed by atoms with Gasteiger partial charge in [-0.3, -0.25) is 14.7 Å². The van der Waals surface area contributed by atoms with Gasteiger partial charge >= 0.3 is 6.09 Å². The number of hydrogen-bond donors (Lipinski definition) is 4. The van der Waals surface area contributed by atoms with Crippen molar-refractivity contribution in [3.8, 4) is 22.8 Å². The molecule has 4 N–H and O–H groups in total. The number of likely N-dealkylation sites (tertiary alicyclic amines) is 1. The van der Waals surface area contributed by atoms with Gasteiger partial charge in [0, 0.05) is 36.5 Å². The van der Waals surface area contributed by atoms with Crippen LogP contribution >= 0.6 is 11.6 Å². The molecule has 0 spiro atoms. The second-order valence-corrected chi connectivity index (χ2v) is 9.54. The fraction of sp³-hybridized carbons (Fsp3) is 0.346. The highest BCUT2D eigenvalue weighted by molar-refractivity contribution is 6.32. The Labute approximate surface area is 218 Å². The molecule has 2 aliphatic heterocycles. The van der Waals surface area contributed by atoms with E-state index in [-0.39, 0.29) is 24.6 Å². The number of anilines is 2. The summed E-state index contributed by atoms with van der Waals surface area (Å²) in [6.45, 7) is 2.62. The van der Waals surface area contributed by atoms with E-state index in [1.165, 1.54) is 12.0 Å². The highest BCUT2D eigenvalue weighted by atomic mass is 35.5. The molecule has 0 unspecified atom stereocenters. The number of carbonyl (C=O) groups excluding carboxylic acids is 1. The van der Waals surface area contributed by atoms with Crippen molar-refractivity contribution in [3.63, 3.8) is 0 Å². The van der Waals surface area contributed by atoms with Crippen molar-refractivity contribution >= 4 is 35.0 Å². The van der Waals surface area contributed by atoms with E-state index in [0.717, 1.165) is 18.5 Å². The second-order valence-electron chi connectivity index (χ2n) is 9.13. The molecule has 0 aliphatic carbocycles. The topological polar surface area (TPSA) is 129 Å². The molecule has 2 aliphatic rings. The average Bonchev–Trinajstić information content (AvgIpc) is 3.44. The minimum absolute atomic E-state index is 0.0587. The fourth-order valence-corrected chi connectivity index (χ4v) is 5.37. The number of nitrogens with zero attached hydrogens (tertiary/aromatic N) is 2. The van der Waals surface area contributed by atoms with Gasteiger partial charge in [0.1, 0.15) is 12.4 Å². The summed E-state index contributed by atoms with van der Waals surface area (Å²) in [5, 5.41) is 16.3. The Morgan fingerprint density at radius 3 is 2.95 bits per heavy atom. The predicted molar refractivity (Wildman–Crippen MR) is 139 cm³/mol. The number of nitrogens with one attached hydrogen (secondary N) is 3. The molecule has 5 rings (SSSR count). The number of hydrogen-bond acceptors (Lipinski definition) is 6. The van der Waals surface area contributed by atoms with Crippen LogP contribution in [0.4, 0.5) is 16.2 Å². The Hall–Kier alpha value is -3.92. The van der Waals surface area contributed by atoms with Crippen molar-refractivity contribution < 1.29 is 24.2 Å². The molecule has 10 nitrogen and oxygen atoms in total. The van der Waals surface area contributed by atoms with Gasteiger partial charge in [-0.1, -0.05) is 17.7 Å². The SMILES string of the molecule is COc1c(Cl)cccc1Nc1c(-c2ccncc2OC[C@H]2CC[C@@H](C)N2C(=O)O)[nH]c2c1C(=O)NCC2.